The van der Waals surface area contributed by atoms with Crippen LogP contribution in [0.3, 0.4) is 0 Å². The lowest BCUT2D eigenvalue weighted by Gasteiger charge is -2.29. The van der Waals surface area contributed by atoms with Gasteiger partial charge in [-0.3, -0.25) is 4.79 Å². The van der Waals surface area contributed by atoms with Gasteiger partial charge in [-0.1, -0.05) is 42.5 Å². The second-order valence-electron chi connectivity index (χ2n) is 7.40. The minimum atomic E-state index is -4.78. The van der Waals surface area contributed by atoms with Crippen LogP contribution in [0.5, 0.6) is 5.75 Å². The third-order valence-corrected chi connectivity index (χ3v) is 5.30. The van der Waals surface area contributed by atoms with E-state index < -0.39 is 6.36 Å². The van der Waals surface area contributed by atoms with Crippen LogP contribution in [-0.2, 0) is 0 Å². The Morgan fingerprint density at radius 1 is 1.06 bits per heavy atom. The Labute approximate surface area is 177 Å². The molecule has 2 aromatic carbocycles. The second kappa shape index (κ2) is 8.47. The summed E-state index contributed by atoms with van der Waals surface area (Å²) in [6.07, 6.45) is -3.22. The lowest BCUT2D eigenvalue weighted by Crippen LogP contribution is -2.39. The minimum absolute atomic E-state index is 0.00480. The molecule has 3 N–H and O–H groups in total. The summed E-state index contributed by atoms with van der Waals surface area (Å²) in [5.74, 6) is -0.521. The van der Waals surface area contributed by atoms with Gasteiger partial charge in [-0.25, -0.2) is 0 Å². The fourth-order valence-electron chi connectivity index (χ4n) is 4.03. The zero-order chi connectivity index (χ0) is 22.0. The number of benzene rings is 2. The van der Waals surface area contributed by atoms with Crippen molar-refractivity contribution in [1.82, 2.24) is 9.88 Å². The van der Waals surface area contributed by atoms with E-state index in [-0.39, 0.29) is 17.7 Å². The zero-order valence-electron chi connectivity index (χ0n) is 16.7. The first-order chi connectivity index (χ1) is 14.9. The molecule has 1 atom stereocenters. The number of rotatable bonds is 6. The maximum Gasteiger partial charge on any atom is 0.573 e. The van der Waals surface area contributed by atoms with E-state index >= 15 is 0 Å². The second-order valence-corrected chi connectivity index (χ2v) is 7.40. The monoisotopic (exact) mass is 429 g/mol. The van der Waals surface area contributed by atoms with Crippen LogP contribution in [0.1, 0.15) is 29.4 Å². The molecule has 1 aliphatic rings. The van der Waals surface area contributed by atoms with Crippen molar-refractivity contribution in [3.05, 3.63) is 66.4 Å². The SMILES string of the molecule is NCCC[C@H]1CNC(=O)c2cc(-c3cccc(OC(F)(F)F)c3)c(-c3ccccc3)n21. The van der Waals surface area contributed by atoms with Crippen molar-refractivity contribution in [2.45, 2.75) is 25.2 Å². The van der Waals surface area contributed by atoms with Crippen LogP contribution in [0.25, 0.3) is 22.4 Å². The largest absolute Gasteiger partial charge is 0.573 e. The smallest absolute Gasteiger partial charge is 0.406 e. The first kappa shape index (κ1) is 21.0. The maximum absolute atomic E-state index is 12.7. The first-order valence-electron chi connectivity index (χ1n) is 10.0. The van der Waals surface area contributed by atoms with Crippen molar-refractivity contribution in [2.75, 3.05) is 13.1 Å². The summed E-state index contributed by atoms with van der Waals surface area (Å²) in [5, 5.41) is 2.91. The number of nitrogens with one attached hydrogen (secondary N) is 1. The molecule has 2 heterocycles. The molecule has 4 rings (SSSR count). The van der Waals surface area contributed by atoms with Gasteiger partial charge in [-0.05, 0) is 48.7 Å². The molecule has 0 aliphatic carbocycles. The fraction of sp³-hybridized carbons (Fsp3) is 0.261. The zero-order valence-corrected chi connectivity index (χ0v) is 16.7. The molecule has 0 saturated heterocycles. The number of hydrogen-bond acceptors (Lipinski definition) is 3. The Bertz CT molecular complexity index is 1080. The lowest BCUT2D eigenvalue weighted by atomic mass is 10.0. The molecule has 0 saturated carbocycles. The van der Waals surface area contributed by atoms with Gasteiger partial charge in [0.1, 0.15) is 11.4 Å². The van der Waals surface area contributed by atoms with Crippen LogP contribution in [0.4, 0.5) is 13.2 Å². The normalized spacial score (nSPS) is 16.0. The van der Waals surface area contributed by atoms with Crippen LogP contribution in [0, 0.1) is 0 Å². The molecule has 1 aromatic heterocycles. The highest BCUT2D eigenvalue weighted by Gasteiger charge is 2.32. The number of amides is 1. The summed E-state index contributed by atoms with van der Waals surface area (Å²) in [7, 11) is 0. The van der Waals surface area contributed by atoms with Gasteiger partial charge in [0, 0.05) is 12.1 Å². The number of hydrogen-bond donors (Lipinski definition) is 2. The molecule has 0 spiro atoms. The summed E-state index contributed by atoms with van der Waals surface area (Å²) >= 11 is 0. The van der Waals surface area contributed by atoms with E-state index in [2.05, 4.69) is 10.1 Å². The van der Waals surface area contributed by atoms with E-state index in [1.807, 2.05) is 34.9 Å². The molecule has 1 aliphatic heterocycles. The molecule has 162 valence electrons. The first-order valence-corrected chi connectivity index (χ1v) is 10.0. The Morgan fingerprint density at radius 2 is 1.81 bits per heavy atom. The van der Waals surface area contributed by atoms with Gasteiger partial charge in [-0.15, -0.1) is 13.2 Å². The number of nitrogens with zero attached hydrogens (tertiary/aromatic N) is 1. The predicted octanol–water partition coefficient (Wildman–Crippen LogP) is 4.74. The van der Waals surface area contributed by atoms with E-state index in [4.69, 9.17) is 5.73 Å². The van der Waals surface area contributed by atoms with Crippen LogP contribution < -0.4 is 15.8 Å². The van der Waals surface area contributed by atoms with Crippen LogP contribution in [0.15, 0.2) is 60.7 Å². The topological polar surface area (TPSA) is 69.3 Å². The molecule has 1 amide bonds. The number of carbonyl (C=O) groups excluding carboxylic acids is 1. The van der Waals surface area contributed by atoms with Crippen LogP contribution in [-0.4, -0.2) is 29.9 Å². The molecular weight excluding hydrogens is 407 g/mol. The molecular formula is C23H22F3N3O2. The van der Waals surface area contributed by atoms with Gasteiger partial charge in [0.25, 0.3) is 5.91 Å². The van der Waals surface area contributed by atoms with Gasteiger partial charge < -0.3 is 20.4 Å². The molecule has 0 fully saturated rings. The lowest BCUT2D eigenvalue weighted by molar-refractivity contribution is -0.274. The van der Waals surface area contributed by atoms with E-state index in [0.29, 0.717) is 29.9 Å². The third-order valence-electron chi connectivity index (χ3n) is 5.30. The predicted molar refractivity (Wildman–Crippen MR) is 112 cm³/mol. The van der Waals surface area contributed by atoms with Crippen LogP contribution in [0.2, 0.25) is 0 Å². The molecule has 0 radical (unpaired) electrons. The van der Waals surface area contributed by atoms with E-state index in [0.717, 1.165) is 24.1 Å². The van der Waals surface area contributed by atoms with Gasteiger partial charge in [0.15, 0.2) is 0 Å². The van der Waals surface area contributed by atoms with Crippen molar-refractivity contribution in [3.63, 3.8) is 0 Å². The Hall–Kier alpha value is -3.26. The average Bonchev–Trinajstić information content (AvgIpc) is 3.15. The highest BCUT2D eigenvalue weighted by atomic mass is 19.4. The van der Waals surface area contributed by atoms with Crippen molar-refractivity contribution >= 4 is 5.91 Å². The van der Waals surface area contributed by atoms with Crippen molar-refractivity contribution in [1.29, 1.82) is 0 Å². The van der Waals surface area contributed by atoms with Gasteiger partial charge in [0.2, 0.25) is 0 Å². The van der Waals surface area contributed by atoms with E-state index in [1.165, 1.54) is 18.2 Å². The van der Waals surface area contributed by atoms with Crippen LogP contribution >= 0.6 is 0 Å². The number of nitrogens with two attached hydrogens (primary N) is 1. The van der Waals surface area contributed by atoms with Gasteiger partial charge in [-0.2, -0.15) is 0 Å². The maximum atomic E-state index is 12.7. The number of alkyl halides is 3. The quantitative estimate of drug-likeness (QED) is 0.595. The molecule has 31 heavy (non-hydrogen) atoms. The highest BCUT2D eigenvalue weighted by Crippen LogP contribution is 2.40. The standard InChI is InChI=1S/C23H22F3N3O2/c24-23(25,26)31-18-10-4-8-16(12-18)19-13-20-22(30)28-14-17(9-5-11-27)29(20)21(19)15-6-2-1-3-7-15/h1-4,6-8,10,12-13,17H,5,9,11,14,27H2,(H,28,30)/t17-/m0/s1. The highest BCUT2D eigenvalue weighted by molar-refractivity contribution is 5.98. The minimum Gasteiger partial charge on any atom is -0.406 e. The summed E-state index contributed by atoms with van der Waals surface area (Å²) in [4.78, 5) is 12.7. The summed E-state index contributed by atoms with van der Waals surface area (Å²) in [5.41, 5.74) is 9.05. The van der Waals surface area contributed by atoms with Crippen molar-refractivity contribution in [3.8, 4) is 28.1 Å². The molecule has 5 nitrogen and oxygen atoms in total. The number of fused-ring (bicyclic) bond motifs is 1. The van der Waals surface area contributed by atoms with E-state index in [9.17, 15) is 18.0 Å². The van der Waals surface area contributed by atoms with Crippen molar-refractivity contribution < 1.29 is 22.7 Å². The Kier molecular flexibility index (Phi) is 5.73. The summed E-state index contributed by atoms with van der Waals surface area (Å²) in [6.45, 7) is 1.00. The van der Waals surface area contributed by atoms with Crippen molar-refractivity contribution in [2.24, 2.45) is 5.73 Å². The molecule has 8 heteroatoms. The Balaban J connectivity index is 1.90. The summed E-state index contributed by atoms with van der Waals surface area (Å²) in [6, 6.07) is 17.1. The van der Waals surface area contributed by atoms with E-state index in [1.54, 1.807) is 12.1 Å². The molecule has 0 bridgehead atoms. The number of halogens is 3. The fourth-order valence-corrected chi connectivity index (χ4v) is 4.03. The third kappa shape index (κ3) is 4.44. The molecule has 0 unspecified atom stereocenters. The molecule has 3 aromatic rings. The number of aromatic nitrogens is 1. The average molecular weight is 429 g/mol. The Morgan fingerprint density at radius 3 is 2.52 bits per heavy atom. The van der Waals surface area contributed by atoms with Gasteiger partial charge in [0.05, 0.1) is 11.7 Å². The summed E-state index contributed by atoms with van der Waals surface area (Å²) < 4.78 is 44.3. The number of carbonyl (C=O) groups is 1. The van der Waals surface area contributed by atoms with Gasteiger partial charge >= 0.3 is 6.36 Å². The number of ether oxygens (including phenoxy) is 1.